The molecule has 0 aliphatic carbocycles. The molecular weight excluding hydrogens is 296 g/mol. The van der Waals surface area contributed by atoms with Crippen LogP contribution in [0.3, 0.4) is 0 Å². The Balaban J connectivity index is 1.76. The van der Waals surface area contributed by atoms with E-state index in [4.69, 9.17) is 0 Å². The summed E-state index contributed by atoms with van der Waals surface area (Å²) in [6.07, 6.45) is 1.88. The third-order valence-corrected chi connectivity index (χ3v) is 4.71. The van der Waals surface area contributed by atoms with E-state index < -0.39 is 0 Å². The molecule has 1 atom stereocenters. The summed E-state index contributed by atoms with van der Waals surface area (Å²) in [7, 11) is 0. The number of amides is 1. The van der Waals surface area contributed by atoms with Crippen molar-refractivity contribution in [1.29, 1.82) is 0 Å². The van der Waals surface area contributed by atoms with Gasteiger partial charge >= 0.3 is 0 Å². The summed E-state index contributed by atoms with van der Waals surface area (Å²) < 4.78 is 2.12. The van der Waals surface area contributed by atoms with Gasteiger partial charge in [0.1, 0.15) is 11.5 Å². The molecule has 2 aromatic rings. The van der Waals surface area contributed by atoms with Crippen LogP contribution in [-0.4, -0.2) is 32.9 Å². The normalized spacial score (nSPS) is 18.5. The molecule has 6 heteroatoms. The number of hydrogen-bond acceptors (Lipinski definition) is 4. The number of carbonyl (C=O) groups is 1. The maximum atomic E-state index is 12.1. The topological polar surface area (TPSA) is 50.2 Å². The van der Waals surface area contributed by atoms with Crippen molar-refractivity contribution in [2.75, 3.05) is 6.54 Å². The van der Waals surface area contributed by atoms with Gasteiger partial charge in [-0.05, 0) is 43.2 Å². The number of thiophene rings is 1. The van der Waals surface area contributed by atoms with Gasteiger partial charge in [-0.15, -0.1) is 0 Å². The predicted octanol–water partition coefficient (Wildman–Crippen LogP) is 2.66. The van der Waals surface area contributed by atoms with E-state index in [1.54, 1.807) is 11.3 Å². The van der Waals surface area contributed by atoms with Crippen molar-refractivity contribution >= 4 is 17.2 Å². The molecule has 1 aliphatic rings. The van der Waals surface area contributed by atoms with Crippen LogP contribution in [0.1, 0.15) is 48.7 Å². The lowest BCUT2D eigenvalue weighted by molar-refractivity contribution is 0.0938. The van der Waals surface area contributed by atoms with Crippen molar-refractivity contribution in [3.63, 3.8) is 0 Å². The molecule has 22 heavy (non-hydrogen) atoms. The van der Waals surface area contributed by atoms with Gasteiger partial charge in [-0.1, -0.05) is 0 Å². The first kappa shape index (κ1) is 15.2. The number of carbonyl (C=O) groups excluding carboxylic acids is 1. The van der Waals surface area contributed by atoms with E-state index in [1.165, 1.54) is 5.56 Å². The smallest absolute Gasteiger partial charge is 0.271 e. The number of nitrogens with one attached hydrogen (secondary N) is 1. The molecular formula is C16H22N4OS. The summed E-state index contributed by atoms with van der Waals surface area (Å²) in [6, 6.07) is 2.51. The Morgan fingerprint density at radius 3 is 3.00 bits per heavy atom. The van der Waals surface area contributed by atoms with E-state index in [2.05, 4.69) is 43.5 Å². The standard InChI is InChI=1S/C16H22N4OS/c1-11(2)17-16(21)14-9-20-6-5-19(12(3)15(20)18-14)8-13-4-7-22-10-13/h4,7,9-12H,5-6,8H2,1-3H3,(H,17,21)/t12-/m0/s1. The number of rotatable bonds is 4. The molecule has 0 saturated heterocycles. The number of aromatic nitrogens is 2. The van der Waals surface area contributed by atoms with Crippen LogP contribution < -0.4 is 5.32 Å². The average molecular weight is 318 g/mol. The first-order chi connectivity index (χ1) is 10.5. The molecule has 118 valence electrons. The Hall–Kier alpha value is -1.66. The molecule has 2 aromatic heterocycles. The van der Waals surface area contributed by atoms with E-state index in [0.29, 0.717) is 5.69 Å². The Bertz CT molecular complexity index is 647. The fourth-order valence-corrected chi connectivity index (χ4v) is 3.47. The van der Waals surface area contributed by atoms with Gasteiger partial charge in [0, 0.05) is 31.9 Å². The average Bonchev–Trinajstić information content (AvgIpc) is 3.10. The van der Waals surface area contributed by atoms with Crippen LogP contribution in [0.5, 0.6) is 0 Å². The minimum Gasteiger partial charge on any atom is -0.348 e. The van der Waals surface area contributed by atoms with Crippen LogP contribution in [0, 0.1) is 0 Å². The molecule has 1 amide bonds. The summed E-state index contributed by atoms with van der Waals surface area (Å²) in [6.45, 7) is 8.87. The first-order valence-electron chi connectivity index (χ1n) is 7.67. The lowest BCUT2D eigenvalue weighted by Gasteiger charge is -2.33. The second-order valence-corrected chi connectivity index (χ2v) is 6.86. The van der Waals surface area contributed by atoms with Crippen LogP contribution in [0.4, 0.5) is 0 Å². The maximum Gasteiger partial charge on any atom is 0.271 e. The number of hydrogen-bond donors (Lipinski definition) is 1. The molecule has 0 fully saturated rings. The second-order valence-electron chi connectivity index (χ2n) is 6.08. The third-order valence-electron chi connectivity index (χ3n) is 3.98. The lowest BCUT2D eigenvalue weighted by Crippen LogP contribution is -2.36. The third kappa shape index (κ3) is 3.08. The van der Waals surface area contributed by atoms with Gasteiger partial charge in [-0.2, -0.15) is 11.3 Å². The predicted molar refractivity (Wildman–Crippen MR) is 88.0 cm³/mol. The SMILES string of the molecule is CC(C)NC(=O)c1cn2c(n1)[C@H](C)N(Cc1ccsc1)CC2. The van der Waals surface area contributed by atoms with E-state index in [1.807, 2.05) is 20.0 Å². The summed E-state index contributed by atoms with van der Waals surface area (Å²) in [5.41, 5.74) is 1.86. The molecule has 0 radical (unpaired) electrons. The monoisotopic (exact) mass is 318 g/mol. The van der Waals surface area contributed by atoms with Crippen molar-refractivity contribution in [2.45, 2.75) is 45.9 Å². The van der Waals surface area contributed by atoms with E-state index in [-0.39, 0.29) is 18.0 Å². The molecule has 1 aliphatic heterocycles. The summed E-state index contributed by atoms with van der Waals surface area (Å²) >= 11 is 1.73. The van der Waals surface area contributed by atoms with Crippen LogP contribution in [0.15, 0.2) is 23.0 Å². The summed E-state index contributed by atoms with van der Waals surface area (Å²) in [4.78, 5) is 19.1. The summed E-state index contributed by atoms with van der Waals surface area (Å²) in [5, 5.41) is 7.20. The largest absolute Gasteiger partial charge is 0.348 e. The van der Waals surface area contributed by atoms with Gasteiger partial charge in [-0.3, -0.25) is 9.69 Å². The van der Waals surface area contributed by atoms with E-state index in [9.17, 15) is 4.79 Å². The van der Waals surface area contributed by atoms with Crippen LogP contribution >= 0.6 is 11.3 Å². The number of imidazole rings is 1. The van der Waals surface area contributed by atoms with Crippen LogP contribution in [0.2, 0.25) is 0 Å². The fraction of sp³-hybridized carbons (Fsp3) is 0.500. The molecule has 0 bridgehead atoms. The van der Waals surface area contributed by atoms with Crippen molar-refractivity contribution in [1.82, 2.24) is 19.8 Å². The molecule has 0 unspecified atom stereocenters. The van der Waals surface area contributed by atoms with Crippen molar-refractivity contribution < 1.29 is 4.79 Å². The Morgan fingerprint density at radius 2 is 2.32 bits per heavy atom. The van der Waals surface area contributed by atoms with Gasteiger partial charge in [0.05, 0.1) is 6.04 Å². The second kappa shape index (κ2) is 6.22. The number of fused-ring (bicyclic) bond motifs is 1. The molecule has 0 spiro atoms. The Labute approximate surface area is 135 Å². The summed E-state index contributed by atoms with van der Waals surface area (Å²) in [5.74, 6) is 0.892. The molecule has 3 rings (SSSR count). The quantitative estimate of drug-likeness (QED) is 0.943. The molecule has 1 N–H and O–H groups in total. The highest BCUT2D eigenvalue weighted by molar-refractivity contribution is 7.07. The fourth-order valence-electron chi connectivity index (χ4n) is 2.81. The highest BCUT2D eigenvalue weighted by atomic mass is 32.1. The van der Waals surface area contributed by atoms with Gasteiger partial charge in [0.2, 0.25) is 0 Å². The molecule has 5 nitrogen and oxygen atoms in total. The zero-order chi connectivity index (χ0) is 15.7. The lowest BCUT2D eigenvalue weighted by atomic mass is 10.2. The zero-order valence-electron chi connectivity index (χ0n) is 13.2. The Morgan fingerprint density at radius 1 is 1.50 bits per heavy atom. The minimum atomic E-state index is -0.0894. The van der Waals surface area contributed by atoms with Crippen LogP contribution in [-0.2, 0) is 13.1 Å². The van der Waals surface area contributed by atoms with E-state index in [0.717, 1.165) is 25.5 Å². The van der Waals surface area contributed by atoms with E-state index >= 15 is 0 Å². The minimum absolute atomic E-state index is 0.0894. The highest BCUT2D eigenvalue weighted by Crippen LogP contribution is 2.26. The molecule has 0 saturated carbocycles. The van der Waals surface area contributed by atoms with Crippen LogP contribution in [0.25, 0.3) is 0 Å². The van der Waals surface area contributed by atoms with Crippen molar-refractivity contribution in [3.05, 3.63) is 40.1 Å². The Kier molecular flexibility index (Phi) is 4.31. The van der Waals surface area contributed by atoms with Gasteiger partial charge < -0.3 is 9.88 Å². The first-order valence-corrected chi connectivity index (χ1v) is 8.62. The molecule has 0 aromatic carbocycles. The van der Waals surface area contributed by atoms with Gasteiger partial charge in [0.15, 0.2) is 0 Å². The maximum absolute atomic E-state index is 12.1. The van der Waals surface area contributed by atoms with Gasteiger partial charge in [-0.25, -0.2) is 4.98 Å². The number of nitrogens with zero attached hydrogens (tertiary/aromatic N) is 3. The van der Waals surface area contributed by atoms with Crippen molar-refractivity contribution in [3.8, 4) is 0 Å². The zero-order valence-corrected chi connectivity index (χ0v) is 14.1. The van der Waals surface area contributed by atoms with Crippen molar-refractivity contribution in [2.24, 2.45) is 0 Å². The molecule has 3 heterocycles. The highest BCUT2D eigenvalue weighted by Gasteiger charge is 2.27. The van der Waals surface area contributed by atoms with Gasteiger partial charge in [0.25, 0.3) is 5.91 Å².